The predicted octanol–water partition coefficient (Wildman–Crippen LogP) is 5.26. The molecule has 7 nitrogen and oxygen atoms in total. The van der Waals surface area contributed by atoms with Crippen molar-refractivity contribution in [1.82, 2.24) is 0 Å². The van der Waals surface area contributed by atoms with Gasteiger partial charge in [0.1, 0.15) is 19.0 Å². The van der Waals surface area contributed by atoms with Gasteiger partial charge in [-0.2, -0.15) is 0 Å². The van der Waals surface area contributed by atoms with Crippen LogP contribution in [0.1, 0.15) is 23.6 Å². The van der Waals surface area contributed by atoms with Crippen molar-refractivity contribution in [2.75, 3.05) is 6.61 Å². The Morgan fingerprint density at radius 1 is 1.00 bits per heavy atom. The Labute approximate surface area is 178 Å². The van der Waals surface area contributed by atoms with E-state index in [4.69, 9.17) is 14.3 Å². The van der Waals surface area contributed by atoms with Gasteiger partial charge in [-0.05, 0) is 36.8 Å². The number of hydrogen-bond acceptors (Lipinski definition) is 6. The molecule has 0 radical (unpaired) electrons. The van der Waals surface area contributed by atoms with Crippen molar-refractivity contribution in [2.45, 2.75) is 20.1 Å². The van der Waals surface area contributed by atoms with Crippen molar-refractivity contribution in [3.05, 3.63) is 99.4 Å². The van der Waals surface area contributed by atoms with Crippen LogP contribution in [-0.4, -0.2) is 17.7 Å². The molecule has 0 aliphatic heterocycles. The quantitative estimate of drug-likeness (QED) is 0.252. The van der Waals surface area contributed by atoms with Gasteiger partial charge in [0.2, 0.25) is 0 Å². The molecule has 0 N–H and O–H groups in total. The predicted molar refractivity (Wildman–Crippen MR) is 114 cm³/mol. The van der Waals surface area contributed by atoms with E-state index in [1.807, 2.05) is 6.92 Å². The maximum absolute atomic E-state index is 13.8. The highest BCUT2D eigenvalue weighted by Gasteiger charge is 2.09. The summed E-state index contributed by atoms with van der Waals surface area (Å²) in [5.74, 6) is 0.659. The summed E-state index contributed by atoms with van der Waals surface area (Å²) in [4.78, 5) is 15.6. The summed E-state index contributed by atoms with van der Waals surface area (Å²) in [6, 6.07) is 17.8. The van der Waals surface area contributed by atoms with Gasteiger partial charge in [0, 0.05) is 23.3 Å². The third-order valence-corrected chi connectivity index (χ3v) is 4.24. The van der Waals surface area contributed by atoms with E-state index in [1.54, 1.807) is 48.5 Å². The highest BCUT2D eigenvalue weighted by Crippen LogP contribution is 2.29. The third kappa shape index (κ3) is 6.27. The Bertz CT molecular complexity index is 1070. The smallest absolute Gasteiger partial charge is 0.269 e. The molecule has 0 spiro atoms. The minimum absolute atomic E-state index is 0.00240. The molecule has 3 aromatic carbocycles. The van der Waals surface area contributed by atoms with Gasteiger partial charge in [-0.15, -0.1) is 0 Å². The standard InChI is InChI=1S/C23H21FN2O5/c1-2-29-23-13-17(10-11-22(23)30-16-19-7-3-4-9-21(19)24)14-25-31-15-18-6-5-8-20(12-18)26(27)28/h3-14H,2,15-16H2,1H3/b25-14-. The number of benzene rings is 3. The van der Waals surface area contributed by atoms with Crippen LogP contribution in [0.4, 0.5) is 10.1 Å². The molecule has 3 rings (SSSR count). The zero-order chi connectivity index (χ0) is 22.1. The van der Waals surface area contributed by atoms with Gasteiger partial charge in [-0.3, -0.25) is 10.1 Å². The van der Waals surface area contributed by atoms with Crippen LogP contribution in [0, 0.1) is 15.9 Å². The number of ether oxygens (including phenoxy) is 2. The summed E-state index contributed by atoms with van der Waals surface area (Å²) in [6.45, 7) is 2.45. The normalized spacial score (nSPS) is 10.8. The van der Waals surface area contributed by atoms with E-state index >= 15 is 0 Å². The molecule has 0 aromatic heterocycles. The summed E-state index contributed by atoms with van der Waals surface area (Å²) < 4.78 is 25.1. The minimum Gasteiger partial charge on any atom is -0.490 e. The van der Waals surface area contributed by atoms with Crippen molar-refractivity contribution in [1.29, 1.82) is 0 Å². The Morgan fingerprint density at radius 2 is 1.84 bits per heavy atom. The molecule has 0 aliphatic rings. The number of rotatable bonds is 10. The number of nitro benzene ring substituents is 1. The van der Waals surface area contributed by atoms with Crippen LogP contribution in [0.5, 0.6) is 11.5 Å². The summed E-state index contributed by atoms with van der Waals surface area (Å²) in [5.41, 5.74) is 1.79. The molecule has 0 fully saturated rings. The van der Waals surface area contributed by atoms with Crippen LogP contribution < -0.4 is 9.47 Å². The first kappa shape index (κ1) is 21.8. The molecule has 0 atom stereocenters. The van der Waals surface area contributed by atoms with Crippen LogP contribution in [0.25, 0.3) is 0 Å². The molecule has 0 heterocycles. The van der Waals surface area contributed by atoms with Crippen molar-refractivity contribution in [3.63, 3.8) is 0 Å². The molecule has 8 heteroatoms. The van der Waals surface area contributed by atoms with Crippen molar-refractivity contribution in [3.8, 4) is 11.5 Å². The highest BCUT2D eigenvalue weighted by atomic mass is 19.1. The van der Waals surface area contributed by atoms with E-state index in [0.717, 1.165) is 0 Å². The maximum Gasteiger partial charge on any atom is 0.269 e. The molecule has 160 valence electrons. The molecule has 31 heavy (non-hydrogen) atoms. The topological polar surface area (TPSA) is 83.2 Å². The van der Waals surface area contributed by atoms with Gasteiger partial charge in [0.25, 0.3) is 5.69 Å². The summed E-state index contributed by atoms with van der Waals surface area (Å²) in [6.07, 6.45) is 1.50. The summed E-state index contributed by atoms with van der Waals surface area (Å²) >= 11 is 0. The van der Waals surface area contributed by atoms with E-state index in [0.29, 0.717) is 34.8 Å². The zero-order valence-corrected chi connectivity index (χ0v) is 16.9. The van der Waals surface area contributed by atoms with Crippen LogP contribution >= 0.6 is 0 Å². The second kappa shape index (κ2) is 10.7. The highest BCUT2D eigenvalue weighted by molar-refractivity contribution is 5.80. The number of oxime groups is 1. The Morgan fingerprint density at radius 3 is 2.61 bits per heavy atom. The molecular formula is C23H21FN2O5. The fourth-order valence-electron chi connectivity index (χ4n) is 2.73. The van der Waals surface area contributed by atoms with Crippen LogP contribution in [-0.2, 0) is 18.1 Å². The van der Waals surface area contributed by atoms with Gasteiger partial charge in [-0.1, -0.05) is 35.5 Å². The lowest BCUT2D eigenvalue weighted by Crippen LogP contribution is -2.02. The monoisotopic (exact) mass is 424 g/mol. The van der Waals surface area contributed by atoms with E-state index in [1.165, 1.54) is 24.4 Å². The molecule has 0 unspecified atom stereocenters. The fourth-order valence-corrected chi connectivity index (χ4v) is 2.73. The van der Waals surface area contributed by atoms with Crippen LogP contribution in [0.2, 0.25) is 0 Å². The number of nitro groups is 1. The molecular weight excluding hydrogens is 403 g/mol. The number of non-ortho nitro benzene ring substituents is 1. The largest absolute Gasteiger partial charge is 0.490 e. The van der Waals surface area contributed by atoms with Crippen LogP contribution in [0.3, 0.4) is 0 Å². The molecule has 0 saturated carbocycles. The van der Waals surface area contributed by atoms with Gasteiger partial charge >= 0.3 is 0 Å². The summed E-state index contributed by atoms with van der Waals surface area (Å²) in [7, 11) is 0. The Kier molecular flexibility index (Phi) is 7.53. The molecule has 3 aromatic rings. The van der Waals surface area contributed by atoms with E-state index in [2.05, 4.69) is 5.16 Å². The number of nitrogens with zero attached hydrogens (tertiary/aromatic N) is 2. The number of hydrogen-bond donors (Lipinski definition) is 0. The molecule has 0 amide bonds. The SMILES string of the molecule is CCOc1cc(/C=N\OCc2cccc([N+](=O)[O-])c2)ccc1OCc1ccccc1F. The average Bonchev–Trinajstić information content (AvgIpc) is 2.77. The van der Waals surface area contributed by atoms with Gasteiger partial charge in [0.05, 0.1) is 17.7 Å². The van der Waals surface area contributed by atoms with E-state index in [-0.39, 0.29) is 24.7 Å². The Hall–Kier alpha value is -3.94. The van der Waals surface area contributed by atoms with Crippen LogP contribution in [0.15, 0.2) is 71.9 Å². The first-order valence-corrected chi connectivity index (χ1v) is 9.58. The van der Waals surface area contributed by atoms with Gasteiger partial charge in [0.15, 0.2) is 11.5 Å². The lowest BCUT2D eigenvalue weighted by Gasteiger charge is -2.13. The second-order valence-corrected chi connectivity index (χ2v) is 6.45. The van der Waals surface area contributed by atoms with Crippen molar-refractivity contribution >= 4 is 11.9 Å². The minimum atomic E-state index is -0.460. The van der Waals surface area contributed by atoms with E-state index < -0.39 is 4.92 Å². The van der Waals surface area contributed by atoms with Gasteiger partial charge < -0.3 is 14.3 Å². The third-order valence-electron chi connectivity index (χ3n) is 4.24. The zero-order valence-electron chi connectivity index (χ0n) is 16.9. The van der Waals surface area contributed by atoms with Crippen molar-refractivity contribution < 1.29 is 23.6 Å². The fraction of sp³-hybridized carbons (Fsp3) is 0.174. The molecule has 0 saturated heterocycles. The summed E-state index contributed by atoms with van der Waals surface area (Å²) in [5, 5.41) is 14.7. The molecule has 0 bridgehead atoms. The lowest BCUT2D eigenvalue weighted by atomic mass is 10.2. The second-order valence-electron chi connectivity index (χ2n) is 6.45. The number of halogens is 1. The van der Waals surface area contributed by atoms with E-state index in [9.17, 15) is 14.5 Å². The first-order valence-electron chi connectivity index (χ1n) is 9.58. The van der Waals surface area contributed by atoms with Gasteiger partial charge in [-0.25, -0.2) is 4.39 Å². The molecule has 0 aliphatic carbocycles. The van der Waals surface area contributed by atoms with Crippen molar-refractivity contribution in [2.24, 2.45) is 5.16 Å². The first-order chi connectivity index (χ1) is 15.1. The lowest BCUT2D eigenvalue weighted by molar-refractivity contribution is -0.384. The Balaban J connectivity index is 1.62. The average molecular weight is 424 g/mol. The maximum atomic E-state index is 13.8.